The highest BCUT2D eigenvalue weighted by Gasteiger charge is 2.48. The maximum absolute atomic E-state index is 14.1. The van der Waals surface area contributed by atoms with Crippen molar-refractivity contribution in [1.29, 1.82) is 0 Å². The van der Waals surface area contributed by atoms with Crippen LogP contribution in [-0.2, 0) is 11.4 Å². The first-order valence-electron chi connectivity index (χ1n) is 13.4. The van der Waals surface area contributed by atoms with Crippen molar-refractivity contribution in [3.8, 4) is 0 Å². The third-order valence-electron chi connectivity index (χ3n) is 8.00. The van der Waals surface area contributed by atoms with Gasteiger partial charge in [0.15, 0.2) is 0 Å². The molecule has 1 amide bonds. The largest absolute Gasteiger partial charge is 0.376 e. The van der Waals surface area contributed by atoms with Gasteiger partial charge in [0, 0.05) is 22.7 Å². The Morgan fingerprint density at radius 1 is 1.05 bits per heavy atom. The molecule has 3 aromatic rings. The lowest BCUT2D eigenvalue weighted by atomic mass is 9.75. The molecule has 7 heteroatoms. The number of fused-ring (bicyclic) bond motifs is 1. The monoisotopic (exact) mass is 533 g/mol. The molecule has 0 saturated heterocycles. The summed E-state index contributed by atoms with van der Waals surface area (Å²) in [5.74, 6) is -0.497. The molecule has 1 fully saturated rings. The van der Waals surface area contributed by atoms with Gasteiger partial charge < -0.3 is 15.7 Å². The second-order valence-electron chi connectivity index (χ2n) is 10.6. The maximum Gasteiger partial charge on any atom is 0.254 e. The number of carbonyl (C=O) groups is 1. The van der Waals surface area contributed by atoms with E-state index in [1.807, 2.05) is 41.3 Å². The van der Waals surface area contributed by atoms with E-state index in [4.69, 9.17) is 22.2 Å². The molecule has 0 bridgehead atoms. The van der Waals surface area contributed by atoms with Gasteiger partial charge in [0.2, 0.25) is 0 Å². The third kappa shape index (κ3) is 5.37. The summed E-state index contributed by atoms with van der Waals surface area (Å²) in [7, 11) is 0. The number of benzene rings is 3. The van der Waals surface area contributed by atoms with Crippen LogP contribution in [0.3, 0.4) is 0 Å². The summed E-state index contributed by atoms with van der Waals surface area (Å²) in [6.07, 6.45) is 2.74. The Labute approximate surface area is 229 Å². The normalized spacial score (nSPS) is 24.2. The average molecular weight is 534 g/mol. The lowest BCUT2D eigenvalue weighted by Crippen LogP contribution is -2.58. The number of aryl methyl sites for hydroxylation is 2. The van der Waals surface area contributed by atoms with Gasteiger partial charge in [0.1, 0.15) is 6.23 Å². The topological polar surface area (TPSA) is 87.8 Å². The molecule has 2 aliphatic rings. The van der Waals surface area contributed by atoms with Crippen molar-refractivity contribution in [1.82, 2.24) is 10.4 Å². The number of carbonyl (C=O) groups excluding carboxylic acids is 1. The predicted octanol–water partition coefficient (Wildman–Crippen LogP) is 5.55. The molecule has 0 spiro atoms. The number of aliphatic hydroxyl groups excluding tert-OH is 1. The molecule has 38 heavy (non-hydrogen) atoms. The Morgan fingerprint density at radius 2 is 1.79 bits per heavy atom. The zero-order valence-electron chi connectivity index (χ0n) is 21.9. The molecule has 3 aromatic carbocycles. The van der Waals surface area contributed by atoms with E-state index in [-0.39, 0.29) is 24.6 Å². The smallest absolute Gasteiger partial charge is 0.254 e. The van der Waals surface area contributed by atoms with E-state index in [0.717, 1.165) is 53.5 Å². The fourth-order valence-corrected chi connectivity index (χ4v) is 6.27. The lowest BCUT2D eigenvalue weighted by molar-refractivity contribution is -0.0897. The SMILES string of the molecule is Cc1ccc(C2C(C(O)NOCc3ccc(Cl)cc3)c3ccccc3C(=O)N2C2CCCCC2N)c(C)c1. The summed E-state index contributed by atoms with van der Waals surface area (Å²) in [6, 6.07) is 20.6. The summed E-state index contributed by atoms with van der Waals surface area (Å²) in [5.41, 5.74) is 15.1. The quantitative estimate of drug-likeness (QED) is 0.274. The molecule has 6 nitrogen and oxygen atoms in total. The first-order valence-corrected chi connectivity index (χ1v) is 13.8. The summed E-state index contributed by atoms with van der Waals surface area (Å²) in [4.78, 5) is 21.9. The van der Waals surface area contributed by atoms with Crippen LogP contribution in [0.15, 0.2) is 66.7 Å². The first-order chi connectivity index (χ1) is 18.3. The van der Waals surface area contributed by atoms with Crippen LogP contribution in [0.2, 0.25) is 5.02 Å². The van der Waals surface area contributed by atoms with E-state index >= 15 is 0 Å². The standard InChI is InChI=1S/C31H36ClN3O3/c1-19-11-16-23(20(2)17-19)29-28(30(36)34-38-18-21-12-14-22(32)15-13-21)24-7-3-4-8-25(24)31(37)35(29)27-10-6-5-9-26(27)33/h3-4,7-8,11-17,26-30,34,36H,5-6,9-10,18,33H2,1-2H3. The highest BCUT2D eigenvalue weighted by atomic mass is 35.5. The molecule has 0 aromatic heterocycles. The Bertz CT molecular complexity index is 1280. The van der Waals surface area contributed by atoms with Gasteiger partial charge in [-0.3, -0.25) is 9.63 Å². The van der Waals surface area contributed by atoms with Crippen LogP contribution in [0, 0.1) is 13.8 Å². The van der Waals surface area contributed by atoms with Gasteiger partial charge in [-0.25, -0.2) is 0 Å². The molecule has 1 aliphatic carbocycles. The number of halogens is 1. The maximum atomic E-state index is 14.1. The molecule has 0 radical (unpaired) electrons. The minimum atomic E-state index is -1.08. The second kappa shape index (κ2) is 11.6. The van der Waals surface area contributed by atoms with E-state index in [1.54, 1.807) is 12.1 Å². The number of rotatable bonds is 7. The Hall–Kier alpha value is -2.74. The molecule has 4 N–H and O–H groups in total. The van der Waals surface area contributed by atoms with Crippen LogP contribution in [0.5, 0.6) is 0 Å². The fraction of sp³-hybridized carbons (Fsp3) is 0.387. The minimum Gasteiger partial charge on any atom is -0.376 e. The molecule has 1 heterocycles. The van der Waals surface area contributed by atoms with Gasteiger partial charge in [-0.05, 0) is 67.1 Å². The minimum absolute atomic E-state index is 0.0292. The van der Waals surface area contributed by atoms with Crippen LogP contribution < -0.4 is 11.2 Å². The van der Waals surface area contributed by atoms with Gasteiger partial charge in [-0.1, -0.05) is 78.5 Å². The highest BCUT2D eigenvalue weighted by molar-refractivity contribution is 6.30. The molecule has 200 valence electrons. The summed E-state index contributed by atoms with van der Waals surface area (Å²) >= 11 is 6.00. The van der Waals surface area contributed by atoms with Crippen LogP contribution in [0.25, 0.3) is 0 Å². The Balaban J connectivity index is 1.55. The Morgan fingerprint density at radius 3 is 2.53 bits per heavy atom. The van der Waals surface area contributed by atoms with Crippen molar-refractivity contribution in [2.24, 2.45) is 5.73 Å². The number of hydrogen-bond donors (Lipinski definition) is 3. The van der Waals surface area contributed by atoms with Crippen LogP contribution in [-0.4, -0.2) is 34.2 Å². The van der Waals surface area contributed by atoms with Crippen molar-refractivity contribution in [2.75, 3.05) is 0 Å². The van der Waals surface area contributed by atoms with Crippen molar-refractivity contribution >= 4 is 17.5 Å². The average Bonchev–Trinajstić information content (AvgIpc) is 2.90. The van der Waals surface area contributed by atoms with E-state index < -0.39 is 18.2 Å². The molecule has 1 aliphatic heterocycles. The van der Waals surface area contributed by atoms with Gasteiger partial charge in [-0.15, -0.1) is 0 Å². The molecule has 1 saturated carbocycles. The van der Waals surface area contributed by atoms with Crippen LogP contribution in [0.1, 0.15) is 75.8 Å². The zero-order chi connectivity index (χ0) is 26.8. The van der Waals surface area contributed by atoms with E-state index in [1.165, 1.54) is 0 Å². The summed E-state index contributed by atoms with van der Waals surface area (Å²) < 4.78 is 0. The van der Waals surface area contributed by atoms with Crippen LogP contribution >= 0.6 is 11.6 Å². The molecular formula is C31H36ClN3O3. The van der Waals surface area contributed by atoms with Crippen molar-refractivity contribution < 1.29 is 14.7 Å². The molecule has 5 atom stereocenters. The molecular weight excluding hydrogens is 498 g/mol. The summed E-state index contributed by atoms with van der Waals surface area (Å²) in [6.45, 7) is 4.39. The second-order valence-corrected chi connectivity index (χ2v) is 11.1. The fourth-order valence-electron chi connectivity index (χ4n) is 6.14. The summed E-state index contributed by atoms with van der Waals surface area (Å²) in [5, 5.41) is 12.3. The number of nitrogens with two attached hydrogens (primary N) is 1. The van der Waals surface area contributed by atoms with E-state index in [0.29, 0.717) is 10.6 Å². The van der Waals surface area contributed by atoms with Crippen LogP contribution in [0.4, 0.5) is 0 Å². The lowest BCUT2D eigenvalue weighted by Gasteiger charge is -2.50. The number of hydrogen-bond acceptors (Lipinski definition) is 5. The number of amides is 1. The van der Waals surface area contributed by atoms with Gasteiger partial charge in [0.25, 0.3) is 5.91 Å². The van der Waals surface area contributed by atoms with Gasteiger partial charge in [-0.2, -0.15) is 5.48 Å². The Kier molecular flexibility index (Phi) is 8.17. The first kappa shape index (κ1) is 26.9. The number of nitrogens with one attached hydrogen (secondary N) is 1. The van der Waals surface area contributed by atoms with Crippen molar-refractivity contribution in [3.63, 3.8) is 0 Å². The number of hydroxylamine groups is 1. The third-order valence-corrected chi connectivity index (χ3v) is 8.26. The molecule has 5 unspecified atom stereocenters. The number of nitrogens with zero attached hydrogens (tertiary/aromatic N) is 1. The van der Waals surface area contributed by atoms with E-state index in [9.17, 15) is 9.90 Å². The van der Waals surface area contributed by atoms with Gasteiger partial charge in [0.05, 0.1) is 18.6 Å². The highest BCUT2D eigenvalue weighted by Crippen LogP contribution is 2.47. The zero-order valence-corrected chi connectivity index (χ0v) is 22.7. The number of aliphatic hydroxyl groups is 1. The van der Waals surface area contributed by atoms with E-state index in [2.05, 4.69) is 37.5 Å². The van der Waals surface area contributed by atoms with Crippen molar-refractivity contribution in [2.45, 2.75) is 76.4 Å². The van der Waals surface area contributed by atoms with Gasteiger partial charge >= 0.3 is 0 Å². The predicted molar refractivity (Wildman–Crippen MR) is 150 cm³/mol. The molecule has 5 rings (SSSR count). The van der Waals surface area contributed by atoms with Crippen molar-refractivity contribution in [3.05, 3.63) is 105 Å².